The molecule has 2 aromatic carbocycles. The van der Waals surface area contributed by atoms with E-state index in [0.717, 1.165) is 18.2 Å². The smallest absolute Gasteiger partial charge is 0.488 e. The van der Waals surface area contributed by atoms with E-state index in [2.05, 4.69) is 9.47 Å². The number of nitrogens with two attached hydrogens (primary N) is 1. The molecule has 10 heteroatoms. The zero-order valence-electron chi connectivity index (χ0n) is 13.0. The third-order valence-corrected chi connectivity index (χ3v) is 2.95. The standard InChI is InChI=1S/C16H13F6NO3/c17-15(18,19)25-12-3-1-2-10(8-12)11-4-5-13(26-16(20,21)22)14(9-11)24-7-6-23/h1-5,8-9H,6-7,23H2. The van der Waals surface area contributed by atoms with Gasteiger partial charge in [0, 0.05) is 6.54 Å². The molecular formula is C16H13F6NO3. The van der Waals surface area contributed by atoms with Gasteiger partial charge in [0.05, 0.1) is 0 Å². The Morgan fingerprint density at radius 1 is 0.769 bits per heavy atom. The Kier molecular flexibility index (Phi) is 5.86. The zero-order valence-corrected chi connectivity index (χ0v) is 13.0. The lowest BCUT2D eigenvalue weighted by Gasteiger charge is -2.15. The summed E-state index contributed by atoms with van der Waals surface area (Å²) < 4.78 is 87.1. The first-order chi connectivity index (χ1) is 12.1. The van der Waals surface area contributed by atoms with Crippen molar-refractivity contribution < 1.29 is 40.6 Å². The molecule has 0 heterocycles. The maximum atomic E-state index is 12.5. The molecule has 0 bridgehead atoms. The van der Waals surface area contributed by atoms with Gasteiger partial charge in [0.2, 0.25) is 0 Å². The summed E-state index contributed by atoms with van der Waals surface area (Å²) in [6, 6.07) is 8.45. The van der Waals surface area contributed by atoms with Gasteiger partial charge in [0.25, 0.3) is 0 Å². The molecule has 2 rings (SSSR count). The first-order valence-electron chi connectivity index (χ1n) is 7.16. The normalized spacial score (nSPS) is 12.0. The summed E-state index contributed by atoms with van der Waals surface area (Å²) in [4.78, 5) is 0. The highest BCUT2D eigenvalue weighted by Gasteiger charge is 2.33. The molecule has 0 spiro atoms. The van der Waals surface area contributed by atoms with Gasteiger partial charge in [-0.15, -0.1) is 26.3 Å². The van der Waals surface area contributed by atoms with Crippen LogP contribution in [0.1, 0.15) is 0 Å². The molecule has 0 aliphatic carbocycles. The third-order valence-electron chi connectivity index (χ3n) is 2.95. The molecule has 4 nitrogen and oxygen atoms in total. The van der Waals surface area contributed by atoms with Crippen LogP contribution in [-0.4, -0.2) is 25.9 Å². The van der Waals surface area contributed by atoms with Crippen molar-refractivity contribution in [3.63, 3.8) is 0 Å². The van der Waals surface area contributed by atoms with Crippen molar-refractivity contribution in [2.75, 3.05) is 13.2 Å². The van der Waals surface area contributed by atoms with Crippen LogP contribution >= 0.6 is 0 Å². The highest BCUT2D eigenvalue weighted by atomic mass is 19.4. The van der Waals surface area contributed by atoms with Crippen molar-refractivity contribution in [1.29, 1.82) is 0 Å². The molecule has 0 saturated heterocycles. The highest BCUT2D eigenvalue weighted by Crippen LogP contribution is 2.37. The van der Waals surface area contributed by atoms with Crippen LogP contribution in [0.5, 0.6) is 17.2 Å². The predicted octanol–water partition coefficient (Wildman–Crippen LogP) is 4.49. The van der Waals surface area contributed by atoms with Crippen LogP contribution in [0.4, 0.5) is 26.3 Å². The van der Waals surface area contributed by atoms with Gasteiger partial charge in [0.15, 0.2) is 11.5 Å². The second-order valence-corrected chi connectivity index (χ2v) is 4.92. The number of ether oxygens (including phenoxy) is 3. The second-order valence-electron chi connectivity index (χ2n) is 4.92. The molecule has 0 fully saturated rings. The molecule has 0 unspecified atom stereocenters. The minimum absolute atomic E-state index is 0.0462. The van der Waals surface area contributed by atoms with Crippen LogP contribution in [0.3, 0.4) is 0 Å². The van der Waals surface area contributed by atoms with E-state index < -0.39 is 24.2 Å². The summed E-state index contributed by atoms with van der Waals surface area (Å²) in [5, 5.41) is 0. The van der Waals surface area contributed by atoms with E-state index in [-0.39, 0.29) is 24.5 Å². The van der Waals surface area contributed by atoms with Crippen molar-refractivity contribution in [2.24, 2.45) is 5.73 Å². The molecule has 0 aromatic heterocycles. The van der Waals surface area contributed by atoms with Gasteiger partial charge < -0.3 is 19.9 Å². The molecule has 0 aliphatic rings. The first-order valence-corrected chi connectivity index (χ1v) is 7.16. The van der Waals surface area contributed by atoms with E-state index in [0.29, 0.717) is 5.56 Å². The van der Waals surface area contributed by atoms with Crippen LogP contribution in [0.15, 0.2) is 42.5 Å². The molecular weight excluding hydrogens is 368 g/mol. The summed E-state index contributed by atoms with van der Waals surface area (Å²) >= 11 is 0. The lowest BCUT2D eigenvalue weighted by Crippen LogP contribution is -2.18. The van der Waals surface area contributed by atoms with Crippen molar-refractivity contribution >= 4 is 0 Å². The Morgan fingerprint density at radius 3 is 2.04 bits per heavy atom. The van der Waals surface area contributed by atoms with Gasteiger partial charge in [0.1, 0.15) is 12.4 Å². The number of halogens is 6. The van der Waals surface area contributed by atoms with E-state index in [9.17, 15) is 26.3 Å². The number of benzene rings is 2. The Hall–Kier alpha value is -2.62. The summed E-state index contributed by atoms with van der Waals surface area (Å²) in [7, 11) is 0. The molecule has 2 aromatic rings. The third kappa shape index (κ3) is 6.03. The summed E-state index contributed by atoms with van der Waals surface area (Å²) in [6.45, 7) is -0.0283. The van der Waals surface area contributed by atoms with E-state index in [1.807, 2.05) is 0 Å². The van der Waals surface area contributed by atoms with E-state index in [1.165, 1.54) is 24.3 Å². The monoisotopic (exact) mass is 381 g/mol. The van der Waals surface area contributed by atoms with Crippen LogP contribution in [-0.2, 0) is 0 Å². The van der Waals surface area contributed by atoms with Gasteiger partial charge in [-0.2, -0.15) is 0 Å². The van der Waals surface area contributed by atoms with E-state index in [1.54, 1.807) is 0 Å². The van der Waals surface area contributed by atoms with Gasteiger partial charge in [-0.1, -0.05) is 18.2 Å². The van der Waals surface area contributed by atoms with E-state index >= 15 is 0 Å². The molecule has 0 saturated carbocycles. The Bertz CT molecular complexity index is 745. The van der Waals surface area contributed by atoms with Gasteiger partial charge in [-0.3, -0.25) is 0 Å². The second kappa shape index (κ2) is 7.73. The summed E-state index contributed by atoms with van der Waals surface area (Å²) in [5.41, 5.74) is 5.86. The predicted molar refractivity (Wildman–Crippen MR) is 79.8 cm³/mol. The van der Waals surface area contributed by atoms with Gasteiger partial charge in [-0.25, -0.2) is 0 Å². The van der Waals surface area contributed by atoms with E-state index in [4.69, 9.17) is 10.5 Å². The summed E-state index contributed by atoms with van der Waals surface area (Å²) in [6.07, 6.45) is -9.79. The number of hydrogen-bond acceptors (Lipinski definition) is 4. The fraction of sp³-hybridized carbons (Fsp3) is 0.250. The minimum Gasteiger partial charge on any atom is -0.488 e. The number of rotatable bonds is 6. The Morgan fingerprint density at radius 2 is 1.42 bits per heavy atom. The van der Waals surface area contributed by atoms with Crippen molar-refractivity contribution in [2.45, 2.75) is 12.7 Å². The average molecular weight is 381 g/mol. The SMILES string of the molecule is NCCOc1cc(-c2cccc(OC(F)(F)F)c2)ccc1OC(F)(F)F. The van der Waals surface area contributed by atoms with Crippen molar-refractivity contribution in [1.82, 2.24) is 0 Å². The molecule has 2 N–H and O–H groups in total. The molecule has 142 valence electrons. The van der Waals surface area contributed by atoms with Crippen molar-refractivity contribution in [3.05, 3.63) is 42.5 Å². The van der Waals surface area contributed by atoms with Gasteiger partial charge >= 0.3 is 12.7 Å². The highest BCUT2D eigenvalue weighted by molar-refractivity contribution is 5.68. The average Bonchev–Trinajstić information content (AvgIpc) is 2.51. The molecule has 0 aliphatic heterocycles. The fourth-order valence-corrected chi connectivity index (χ4v) is 2.05. The van der Waals surface area contributed by atoms with Crippen LogP contribution in [0.25, 0.3) is 11.1 Å². The van der Waals surface area contributed by atoms with Crippen LogP contribution in [0, 0.1) is 0 Å². The summed E-state index contributed by atoms with van der Waals surface area (Å²) in [5.74, 6) is -1.29. The maximum absolute atomic E-state index is 12.5. The minimum atomic E-state index is -4.93. The number of alkyl halides is 6. The molecule has 0 atom stereocenters. The lowest BCUT2D eigenvalue weighted by atomic mass is 10.0. The fourth-order valence-electron chi connectivity index (χ4n) is 2.05. The quantitative estimate of drug-likeness (QED) is 0.750. The Balaban J connectivity index is 2.36. The first kappa shape index (κ1) is 19.7. The Labute approximate surface area is 144 Å². The molecule has 0 radical (unpaired) electrons. The van der Waals surface area contributed by atoms with Gasteiger partial charge in [-0.05, 0) is 35.4 Å². The zero-order chi connectivity index (χ0) is 19.4. The molecule has 0 amide bonds. The molecule has 26 heavy (non-hydrogen) atoms. The lowest BCUT2D eigenvalue weighted by molar-refractivity contribution is -0.275. The topological polar surface area (TPSA) is 53.7 Å². The van der Waals surface area contributed by atoms with Crippen LogP contribution < -0.4 is 19.9 Å². The maximum Gasteiger partial charge on any atom is 0.573 e. The van der Waals surface area contributed by atoms with Crippen molar-refractivity contribution in [3.8, 4) is 28.4 Å². The number of hydrogen-bond donors (Lipinski definition) is 1. The van der Waals surface area contributed by atoms with Crippen LogP contribution in [0.2, 0.25) is 0 Å². The largest absolute Gasteiger partial charge is 0.573 e.